The minimum absolute atomic E-state index is 0.168. The number of carbonyl (C=O) groups is 3. The van der Waals surface area contributed by atoms with Gasteiger partial charge in [0.25, 0.3) is 0 Å². The molecule has 0 radical (unpaired) electrons. The van der Waals surface area contributed by atoms with Crippen LogP contribution in [0.2, 0.25) is 0 Å². The van der Waals surface area contributed by atoms with E-state index in [0.29, 0.717) is 32.1 Å². The van der Waals surface area contributed by atoms with Crippen LogP contribution in [0.25, 0.3) is 0 Å². The fourth-order valence-corrected chi connectivity index (χ4v) is 9.11. The molecule has 3 rings (SSSR count). The van der Waals surface area contributed by atoms with Crippen molar-refractivity contribution >= 4 is 17.5 Å². The summed E-state index contributed by atoms with van der Waals surface area (Å²) in [7, 11) is 0. The highest BCUT2D eigenvalue weighted by atomic mass is 16.7. The lowest BCUT2D eigenvalue weighted by molar-refractivity contribution is -0.371. The summed E-state index contributed by atoms with van der Waals surface area (Å²) in [5.74, 6) is -7.28. The Morgan fingerprint density at radius 3 is 2.11 bits per heavy atom. The van der Waals surface area contributed by atoms with Crippen LogP contribution in [0.3, 0.4) is 0 Å². The minimum atomic E-state index is -2.18. The van der Waals surface area contributed by atoms with Gasteiger partial charge in [-0.2, -0.15) is 0 Å². The molecule has 18 atom stereocenters. The van der Waals surface area contributed by atoms with Gasteiger partial charge in [-0.3, -0.25) is 9.59 Å². The zero-order chi connectivity index (χ0) is 43.0. The van der Waals surface area contributed by atoms with Crippen LogP contribution in [0.1, 0.15) is 128 Å². The molecule has 0 amide bonds. The summed E-state index contributed by atoms with van der Waals surface area (Å²) in [4.78, 5) is 40.6. The summed E-state index contributed by atoms with van der Waals surface area (Å²) in [5, 5.41) is 55.4. The van der Waals surface area contributed by atoms with Gasteiger partial charge in [0.2, 0.25) is 0 Å². The lowest BCUT2D eigenvalue weighted by Gasteiger charge is -2.55. The van der Waals surface area contributed by atoms with E-state index in [1.54, 1.807) is 13.8 Å². The summed E-state index contributed by atoms with van der Waals surface area (Å²) in [6.45, 7) is 19.4. The molecule has 5 N–H and O–H groups in total. The number of carbonyl (C=O) groups excluding carboxylic acids is 3. The standard InChI is InChI=1S/C46H76O11/c1-12-34-18-16-14-15-17-28(5)43(52)45(11,54)44(53)32(9)41(51)31(8)40(50)30(7)39(49)27(4)19-22-38(48)55-42-29(6)36(21-20-34)56-46(33(42)10)24-23-26(3)37(57-46)25-35(47)13-2/h14-16,18-19,22,26-37,39,41-43,47,49,51-52,54H,12-13,17,20-21,23-25H2,1-11H3/b15-14+,18-16+,22-19+/t26-,27-,28+,29+,30-,31-,32-,33-,34-,35+,36-,37-,39+,41+,42+,43-,45+,46-/m1/s1. The number of aliphatic hydroxyl groups is 5. The lowest BCUT2D eigenvalue weighted by atomic mass is 9.74. The summed E-state index contributed by atoms with van der Waals surface area (Å²) in [6, 6.07) is 0. The number of rotatable bonds is 4. The lowest BCUT2D eigenvalue weighted by Crippen LogP contribution is -2.62. The summed E-state index contributed by atoms with van der Waals surface area (Å²) in [6.07, 6.45) is 10.3. The number of Topliss-reactive ketones (excluding diaryl/α,β-unsaturated/α-hetero) is 2. The number of aliphatic hydroxyl groups excluding tert-OH is 4. The Balaban J connectivity index is 1.99. The Bertz CT molecular complexity index is 1410. The van der Waals surface area contributed by atoms with Gasteiger partial charge in [0, 0.05) is 48.0 Å². The quantitative estimate of drug-likeness (QED) is 0.202. The first kappa shape index (κ1) is 49.1. The van der Waals surface area contributed by atoms with Gasteiger partial charge in [0.1, 0.15) is 17.5 Å². The van der Waals surface area contributed by atoms with Crippen molar-refractivity contribution < 1.29 is 54.1 Å². The molecule has 2 fully saturated rings. The molecular weight excluding hydrogens is 728 g/mol. The first-order valence-electron chi connectivity index (χ1n) is 21.7. The minimum Gasteiger partial charge on any atom is -0.458 e. The molecule has 0 aromatic heterocycles. The van der Waals surface area contributed by atoms with Gasteiger partial charge in [-0.1, -0.05) is 99.6 Å². The molecule has 3 heterocycles. The van der Waals surface area contributed by atoms with Gasteiger partial charge in [0.15, 0.2) is 11.6 Å². The zero-order valence-electron chi connectivity index (χ0n) is 36.5. The molecule has 0 saturated carbocycles. The molecule has 3 aliphatic heterocycles. The van der Waals surface area contributed by atoms with E-state index in [1.165, 1.54) is 39.8 Å². The van der Waals surface area contributed by atoms with Gasteiger partial charge in [-0.15, -0.1) is 0 Å². The first-order chi connectivity index (χ1) is 26.6. The second-order valence-corrected chi connectivity index (χ2v) is 18.2. The molecule has 0 aliphatic carbocycles. The maximum atomic E-state index is 13.6. The number of esters is 1. The molecule has 1 spiro atoms. The van der Waals surface area contributed by atoms with Crippen LogP contribution in [0.5, 0.6) is 0 Å². The number of hydrogen-bond donors (Lipinski definition) is 5. The Hall–Kier alpha value is -2.25. The molecular formula is C46H76O11. The van der Waals surface area contributed by atoms with E-state index in [0.717, 1.165) is 19.3 Å². The van der Waals surface area contributed by atoms with Crippen molar-refractivity contribution in [2.24, 2.45) is 53.3 Å². The van der Waals surface area contributed by atoms with E-state index in [1.807, 2.05) is 39.0 Å². The smallest absolute Gasteiger partial charge is 0.330 e. The largest absolute Gasteiger partial charge is 0.458 e. The van der Waals surface area contributed by atoms with Crippen LogP contribution in [-0.4, -0.2) is 97.2 Å². The van der Waals surface area contributed by atoms with Crippen molar-refractivity contribution in [2.45, 2.75) is 182 Å². The Morgan fingerprint density at radius 1 is 0.825 bits per heavy atom. The average Bonchev–Trinajstić information content (AvgIpc) is 3.19. The second-order valence-electron chi connectivity index (χ2n) is 18.2. The van der Waals surface area contributed by atoms with E-state index in [4.69, 9.17) is 14.2 Å². The van der Waals surface area contributed by atoms with Gasteiger partial charge in [0.05, 0.1) is 36.6 Å². The van der Waals surface area contributed by atoms with Crippen molar-refractivity contribution in [1.82, 2.24) is 0 Å². The van der Waals surface area contributed by atoms with Crippen molar-refractivity contribution in [2.75, 3.05) is 0 Å². The van der Waals surface area contributed by atoms with Gasteiger partial charge >= 0.3 is 5.97 Å². The van der Waals surface area contributed by atoms with Crippen molar-refractivity contribution in [1.29, 1.82) is 0 Å². The van der Waals surface area contributed by atoms with Gasteiger partial charge in [-0.25, -0.2) is 4.79 Å². The summed E-state index contributed by atoms with van der Waals surface area (Å²) >= 11 is 0. The number of fused-ring (bicyclic) bond motifs is 2. The topological polar surface area (TPSA) is 180 Å². The predicted octanol–water partition coefficient (Wildman–Crippen LogP) is 6.27. The van der Waals surface area contributed by atoms with E-state index < -0.39 is 89.0 Å². The van der Waals surface area contributed by atoms with Crippen LogP contribution in [-0.2, 0) is 28.6 Å². The number of allylic oxidation sites excluding steroid dienone is 4. The van der Waals surface area contributed by atoms with E-state index in [2.05, 4.69) is 19.9 Å². The van der Waals surface area contributed by atoms with Crippen LogP contribution in [0.15, 0.2) is 36.5 Å². The maximum Gasteiger partial charge on any atom is 0.330 e. The van der Waals surface area contributed by atoms with Crippen LogP contribution < -0.4 is 0 Å². The molecule has 2 bridgehead atoms. The molecule has 0 aromatic rings. The van der Waals surface area contributed by atoms with Crippen LogP contribution in [0, 0.1) is 53.3 Å². The number of hydrogen-bond acceptors (Lipinski definition) is 11. The van der Waals surface area contributed by atoms with Crippen molar-refractivity contribution in [3.63, 3.8) is 0 Å². The molecule has 3 aliphatic rings. The molecule has 11 heteroatoms. The molecule has 0 unspecified atom stereocenters. The molecule has 2 saturated heterocycles. The Labute approximate surface area is 342 Å². The summed E-state index contributed by atoms with van der Waals surface area (Å²) in [5.41, 5.74) is -2.18. The first-order valence-corrected chi connectivity index (χ1v) is 21.7. The average molecular weight is 805 g/mol. The SMILES string of the molecule is CC[C@H](O)C[C@H]1O[C@@]2(CC[C@H]1C)O[C@@H]1CC[C@H](CC)/C=C/C=C/C[C@H](C)[C@@H](O)[C@](C)(O)C(=O)[C@H](C)[C@@H](O)[C@H](C)C(=O)[C@H](C)[C@@H](O)[C@H](C)/C=C/C(=O)O[C@@H]([C@H]1C)[C@H]2C. The third kappa shape index (κ3) is 12.0. The van der Waals surface area contributed by atoms with Crippen molar-refractivity contribution in [3.8, 4) is 0 Å². The van der Waals surface area contributed by atoms with E-state index >= 15 is 0 Å². The number of ketones is 2. The van der Waals surface area contributed by atoms with Crippen molar-refractivity contribution in [3.05, 3.63) is 36.5 Å². The van der Waals surface area contributed by atoms with Gasteiger partial charge in [-0.05, 0) is 69.6 Å². The highest BCUT2D eigenvalue weighted by Gasteiger charge is 2.56. The summed E-state index contributed by atoms with van der Waals surface area (Å²) < 4.78 is 20.1. The van der Waals surface area contributed by atoms with E-state index in [9.17, 15) is 39.9 Å². The molecule has 0 aromatic carbocycles. The Kier molecular flexibility index (Phi) is 18.4. The predicted molar refractivity (Wildman–Crippen MR) is 220 cm³/mol. The van der Waals surface area contributed by atoms with Crippen LogP contribution >= 0.6 is 0 Å². The zero-order valence-corrected chi connectivity index (χ0v) is 36.5. The molecule has 57 heavy (non-hydrogen) atoms. The normalized spacial score (nSPS) is 46.2. The Morgan fingerprint density at radius 2 is 1.47 bits per heavy atom. The monoisotopic (exact) mass is 805 g/mol. The highest BCUT2D eigenvalue weighted by molar-refractivity contribution is 5.91. The fraction of sp³-hybridized carbons (Fsp3) is 0.804. The third-order valence-electron chi connectivity index (χ3n) is 13.8. The van der Waals surface area contributed by atoms with E-state index in [-0.39, 0.29) is 35.9 Å². The number of ether oxygens (including phenoxy) is 3. The molecule has 326 valence electrons. The maximum absolute atomic E-state index is 13.6. The molecule has 11 nitrogen and oxygen atoms in total. The fourth-order valence-electron chi connectivity index (χ4n) is 9.11. The second kappa shape index (κ2) is 21.3. The van der Waals surface area contributed by atoms with Gasteiger partial charge < -0.3 is 39.7 Å². The van der Waals surface area contributed by atoms with Crippen LogP contribution in [0.4, 0.5) is 0 Å². The highest BCUT2D eigenvalue weighted by Crippen LogP contribution is 2.49. The third-order valence-corrected chi connectivity index (χ3v) is 13.8.